The van der Waals surface area contributed by atoms with E-state index in [4.69, 9.17) is 22.1 Å². The number of carbonyl (C=O) groups is 1. The molecule has 172 valence electrons. The summed E-state index contributed by atoms with van der Waals surface area (Å²) in [5.41, 5.74) is 4.34. The Labute approximate surface area is 188 Å². The van der Waals surface area contributed by atoms with Gasteiger partial charge in [0, 0.05) is 11.8 Å². The molecule has 0 bridgehead atoms. The van der Waals surface area contributed by atoms with Crippen molar-refractivity contribution in [3.63, 3.8) is 0 Å². The summed E-state index contributed by atoms with van der Waals surface area (Å²) >= 11 is 6.06. The lowest BCUT2D eigenvalue weighted by atomic mass is 10.1. The number of nitrogens with two attached hydrogens (primary N) is 1. The molecule has 2 rings (SSSR count). The van der Waals surface area contributed by atoms with Gasteiger partial charge in [0.05, 0.1) is 34.3 Å². The van der Waals surface area contributed by atoms with Gasteiger partial charge in [0.15, 0.2) is 0 Å². The Bertz CT molecular complexity index is 1130. The maximum atomic E-state index is 13.0. The fraction of sp³-hybridized carbons (Fsp3) is 0.238. The number of aliphatic imine (C=N–C) groups is 1. The number of rotatable bonds is 8. The number of nitrogens with zero attached hydrogens (tertiary/aromatic N) is 1. The van der Waals surface area contributed by atoms with Crippen LogP contribution in [0.2, 0.25) is 5.02 Å². The lowest BCUT2D eigenvalue weighted by molar-refractivity contribution is -0.0925. The molecule has 0 saturated heterocycles. The second-order valence-corrected chi connectivity index (χ2v) is 9.41. The highest BCUT2D eigenvalue weighted by Crippen LogP contribution is 2.27. The van der Waals surface area contributed by atoms with Crippen molar-refractivity contribution in [3.8, 4) is 0 Å². The predicted octanol–water partition coefficient (Wildman–Crippen LogP) is 4.46. The van der Waals surface area contributed by atoms with Gasteiger partial charge in [-0.25, -0.2) is 18.2 Å². The summed E-state index contributed by atoms with van der Waals surface area (Å²) in [6, 6.07) is 11.8. The van der Waals surface area contributed by atoms with Crippen molar-refractivity contribution in [1.29, 1.82) is 0 Å². The Morgan fingerprint density at radius 3 is 2.28 bits per heavy atom. The normalized spacial score (nSPS) is 13.2. The Kier molecular flexibility index (Phi) is 8.45. The molecule has 32 heavy (non-hydrogen) atoms. The molecular formula is C21H20ClF3N2O4S. The van der Waals surface area contributed by atoms with Crippen LogP contribution in [0.3, 0.4) is 0 Å². The number of ether oxygens (including phenoxy) is 1. The third kappa shape index (κ3) is 8.01. The largest absolute Gasteiger partial charge is 0.462 e. The number of esters is 1. The molecular weight excluding hydrogens is 469 g/mol. The summed E-state index contributed by atoms with van der Waals surface area (Å²) in [6.07, 6.45) is -2.84. The van der Waals surface area contributed by atoms with Crippen molar-refractivity contribution in [3.05, 3.63) is 76.5 Å². The van der Waals surface area contributed by atoms with Crippen LogP contribution in [0, 0.1) is 0 Å². The lowest BCUT2D eigenvalue weighted by Crippen LogP contribution is -2.21. The van der Waals surface area contributed by atoms with Crippen molar-refractivity contribution < 1.29 is 31.1 Å². The zero-order chi connectivity index (χ0) is 23.9. The van der Waals surface area contributed by atoms with Gasteiger partial charge >= 0.3 is 12.1 Å². The lowest BCUT2D eigenvalue weighted by Gasteiger charge is -2.10. The average molecular weight is 489 g/mol. The van der Waals surface area contributed by atoms with E-state index in [9.17, 15) is 26.4 Å². The van der Waals surface area contributed by atoms with Crippen LogP contribution in [0.15, 0.2) is 65.3 Å². The van der Waals surface area contributed by atoms with E-state index in [1.165, 1.54) is 36.4 Å². The predicted molar refractivity (Wildman–Crippen MR) is 117 cm³/mol. The Balaban J connectivity index is 2.27. The highest BCUT2D eigenvalue weighted by atomic mass is 35.5. The van der Waals surface area contributed by atoms with Crippen LogP contribution in [-0.4, -0.2) is 44.9 Å². The molecule has 11 heteroatoms. The van der Waals surface area contributed by atoms with Crippen molar-refractivity contribution in [2.24, 2.45) is 10.7 Å². The molecule has 0 aromatic heterocycles. The van der Waals surface area contributed by atoms with Gasteiger partial charge < -0.3 is 10.5 Å². The molecule has 0 aliphatic heterocycles. The monoisotopic (exact) mass is 488 g/mol. The average Bonchev–Trinajstić information content (AvgIpc) is 2.70. The fourth-order valence-corrected chi connectivity index (χ4v) is 3.25. The fourth-order valence-electron chi connectivity index (χ4n) is 2.43. The van der Waals surface area contributed by atoms with Gasteiger partial charge in [-0.3, -0.25) is 0 Å². The Morgan fingerprint density at radius 1 is 1.12 bits per heavy atom. The number of hydrogen-bond donors (Lipinski definition) is 1. The Morgan fingerprint density at radius 2 is 1.72 bits per heavy atom. The standard InChI is InChI=1S/C21H20ClF3N2O4S/c1-32(29,30)12-4-11-31-20(28)15-9-7-14(8-10-15)18(13-19(26)21(23,24)25)27-17-6-3-2-5-16(17)22/h2-3,5-10,13H,4,11-12,26H2,1H3. The van der Waals surface area contributed by atoms with Gasteiger partial charge in [-0.1, -0.05) is 35.9 Å². The van der Waals surface area contributed by atoms with Crippen molar-refractivity contribution >= 4 is 38.8 Å². The second-order valence-electron chi connectivity index (χ2n) is 6.74. The quantitative estimate of drug-likeness (QED) is 0.336. The SMILES string of the molecule is CS(=O)(=O)CCCOC(=O)c1ccc(C(C=C(N)C(F)(F)F)=Nc2ccccc2Cl)cc1. The van der Waals surface area contributed by atoms with E-state index >= 15 is 0 Å². The van der Waals surface area contributed by atoms with Crippen LogP contribution in [-0.2, 0) is 14.6 Å². The minimum absolute atomic E-state index is 0.0856. The van der Waals surface area contributed by atoms with E-state index in [0.717, 1.165) is 6.26 Å². The van der Waals surface area contributed by atoms with E-state index in [1.807, 2.05) is 0 Å². The molecule has 0 spiro atoms. The Hall–Kier alpha value is -2.85. The van der Waals surface area contributed by atoms with Crippen LogP contribution >= 0.6 is 11.6 Å². The van der Waals surface area contributed by atoms with Crippen molar-refractivity contribution in [2.45, 2.75) is 12.6 Å². The van der Waals surface area contributed by atoms with Gasteiger partial charge in [0.1, 0.15) is 15.5 Å². The number of para-hydroxylation sites is 1. The van der Waals surface area contributed by atoms with Gasteiger partial charge in [0.2, 0.25) is 0 Å². The highest BCUT2D eigenvalue weighted by molar-refractivity contribution is 7.90. The van der Waals surface area contributed by atoms with Crippen LogP contribution in [0.5, 0.6) is 0 Å². The van der Waals surface area contributed by atoms with Crippen LogP contribution < -0.4 is 5.73 Å². The molecule has 2 aromatic carbocycles. The number of benzene rings is 2. The van der Waals surface area contributed by atoms with Gasteiger partial charge in [-0.05, 0) is 36.8 Å². The van der Waals surface area contributed by atoms with Crippen LogP contribution in [0.1, 0.15) is 22.3 Å². The van der Waals surface area contributed by atoms with Crippen molar-refractivity contribution in [1.82, 2.24) is 0 Å². The molecule has 0 aliphatic rings. The van der Waals surface area contributed by atoms with Crippen LogP contribution in [0.25, 0.3) is 0 Å². The molecule has 2 aromatic rings. The van der Waals surface area contributed by atoms with E-state index < -0.39 is 27.7 Å². The second kappa shape index (κ2) is 10.6. The summed E-state index contributed by atoms with van der Waals surface area (Å²) in [4.78, 5) is 16.3. The maximum Gasteiger partial charge on any atom is 0.430 e. The highest BCUT2D eigenvalue weighted by Gasteiger charge is 2.31. The van der Waals surface area contributed by atoms with E-state index in [0.29, 0.717) is 6.08 Å². The number of alkyl halides is 3. The number of carbonyl (C=O) groups excluding carboxylic acids is 1. The third-order valence-electron chi connectivity index (χ3n) is 4.02. The first kappa shape index (κ1) is 25.4. The van der Waals surface area contributed by atoms with Gasteiger partial charge in [-0.15, -0.1) is 0 Å². The summed E-state index contributed by atoms with van der Waals surface area (Å²) in [7, 11) is -3.16. The van der Waals surface area contributed by atoms with E-state index in [2.05, 4.69) is 4.99 Å². The number of sulfone groups is 1. The topological polar surface area (TPSA) is 98.8 Å². The first-order chi connectivity index (χ1) is 14.9. The first-order valence-electron chi connectivity index (χ1n) is 9.20. The first-order valence-corrected chi connectivity index (χ1v) is 11.6. The summed E-state index contributed by atoms with van der Waals surface area (Å²) in [6.45, 7) is -0.0856. The molecule has 2 N–H and O–H groups in total. The third-order valence-corrected chi connectivity index (χ3v) is 5.37. The number of halogens is 4. The van der Waals surface area contributed by atoms with Gasteiger partial charge in [0.25, 0.3) is 0 Å². The minimum atomic E-state index is -4.75. The van der Waals surface area contributed by atoms with Crippen molar-refractivity contribution in [2.75, 3.05) is 18.6 Å². The molecule has 0 radical (unpaired) electrons. The molecule has 0 fully saturated rings. The smallest absolute Gasteiger partial charge is 0.430 e. The molecule has 0 aliphatic carbocycles. The minimum Gasteiger partial charge on any atom is -0.462 e. The molecule has 0 unspecified atom stereocenters. The molecule has 0 saturated carbocycles. The zero-order valence-electron chi connectivity index (χ0n) is 16.9. The summed E-state index contributed by atoms with van der Waals surface area (Å²) < 4.78 is 66.1. The number of allylic oxidation sites excluding steroid dienone is 2. The van der Waals surface area contributed by atoms with Crippen LogP contribution in [0.4, 0.5) is 18.9 Å². The molecule has 0 heterocycles. The van der Waals surface area contributed by atoms with Gasteiger partial charge in [-0.2, -0.15) is 13.2 Å². The molecule has 0 amide bonds. The van der Waals surface area contributed by atoms with E-state index in [1.54, 1.807) is 12.1 Å². The summed E-state index contributed by atoms with van der Waals surface area (Å²) in [5, 5.41) is 0.235. The van der Waals surface area contributed by atoms with E-state index in [-0.39, 0.29) is 46.3 Å². The zero-order valence-corrected chi connectivity index (χ0v) is 18.5. The number of hydrogen-bond acceptors (Lipinski definition) is 6. The maximum absolute atomic E-state index is 13.0. The summed E-state index contributed by atoms with van der Waals surface area (Å²) in [5.74, 6) is -0.811. The molecule has 0 atom stereocenters. The molecule has 6 nitrogen and oxygen atoms in total.